The van der Waals surface area contributed by atoms with Gasteiger partial charge < -0.3 is 5.11 Å². The average Bonchev–Trinajstić information content (AvgIpc) is 2.46. The van der Waals surface area contributed by atoms with Gasteiger partial charge in [0.2, 0.25) is 0 Å². The Labute approximate surface area is 111 Å². The molecule has 0 aliphatic rings. The van der Waals surface area contributed by atoms with Gasteiger partial charge in [-0.2, -0.15) is 5.26 Å². The van der Waals surface area contributed by atoms with Crippen LogP contribution < -0.4 is 0 Å². The van der Waals surface area contributed by atoms with Crippen molar-refractivity contribution in [2.75, 3.05) is 0 Å². The topological polar surface area (TPSA) is 44.0 Å². The van der Waals surface area contributed by atoms with Gasteiger partial charge in [0.25, 0.3) is 0 Å². The van der Waals surface area contributed by atoms with Gasteiger partial charge in [0, 0.05) is 0 Å². The number of thiocyanates is 1. The summed E-state index contributed by atoms with van der Waals surface area (Å²) in [7, 11) is 0. The van der Waals surface area contributed by atoms with Gasteiger partial charge in [-0.25, -0.2) is 0 Å². The van der Waals surface area contributed by atoms with Gasteiger partial charge in [-0.3, -0.25) is 0 Å². The van der Waals surface area contributed by atoms with E-state index in [0.717, 1.165) is 22.9 Å². The van der Waals surface area contributed by atoms with Gasteiger partial charge in [0.1, 0.15) is 5.40 Å². The Bertz CT molecular complexity index is 521. The first-order valence-electron chi connectivity index (χ1n) is 5.65. The smallest absolute Gasteiger partial charge is 0.134 e. The molecule has 0 saturated heterocycles. The summed E-state index contributed by atoms with van der Waals surface area (Å²) in [4.78, 5) is 0. The second-order valence-electron chi connectivity index (χ2n) is 3.90. The Kier molecular flexibility index (Phi) is 4.40. The summed E-state index contributed by atoms with van der Waals surface area (Å²) in [6.07, 6.45) is -0.682. The number of aliphatic hydroxyl groups is 1. The van der Waals surface area contributed by atoms with Crippen LogP contribution in [0.5, 0.6) is 0 Å². The van der Waals surface area contributed by atoms with E-state index in [4.69, 9.17) is 5.26 Å². The molecule has 90 valence electrons. The Balaban J connectivity index is 2.29. The number of nitrogens with zero attached hydrogens (tertiary/aromatic N) is 1. The Morgan fingerprint density at radius 1 is 0.889 bits per heavy atom. The van der Waals surface area contributed by atoms with Crippen molar-refractivity contribution in [2.45, 2.75) is 11.4 Å². The molecule has 0 aliphatic heterocycles. The molecule has 0 radical (unpaired) electrons. The van der Waals surface area contributed by atoms with Crippen LogP contribution in [-0.2, 0) is 0 Å². The maximum absolute atomic E-state index is 10.4. The fourth-order valence-electron chi connectivity index (χ4n) is 1.84. The number of benzene rings is 2. The maximum atomic E-state index is 10.4. The minimum atomic E-state index is -0.682. The van der Waals surface area contributed by atoms with E-state index in [1.165, 1.54) is 0 Å². The van der Waals surface area contributed by atoms with Crippen molar-refractivity contribution >= 4 is 11.8 Å². The molecule has 0 aliphatic carbocycles. The molecular weight excluding hydrogens is 242 g/mol. The summed E-state index contributed by atoms with van der Waals surface area (Å²) < 4.78 is 0. The molecule has 0 amide bonds. The first-order valence-corrected chi connectivity index (χ1v) is 6.53. The zero-order valence-corrected chi connectivity index (χ0v) is 10.5. The van der Waals surface area contributed by atoms with Crippen LogP contribution in [0.15, 0.2) is 60.7 Å². The van der Waals surface area contributed by atoms with Crippen molar-refractivity contribution in [3.05, 3.63) is 71.8 Å². The van der Waals surface area contributed by atoms with E-state index in [1.54, 1.807) is 0 Å². The van der Waals surface area contributed by atoms with Crippen molar-refractivity contribution in [3.63, 3.8) is 0 Å². The van der Waals surface area contributed by atoms with E-state index < -0.39 is 6.10 Å². The highest BCUT2D eigenvalue weighted by Gasteiger charge is 2.23. The number of aliphatic hydroxyl groups excluding tert-OH is 1. The van der Waals surface area contributed by atoms with Crippen LogP contribution in [-0.4, -0.2) is 5.11 Å². The van der Waals surface area contributed by atoms with Crippen LogP contribution in [0.3, 0.4) is 0 Å². The van der Waals surface area contributed by atoms with E-state index >= 15 is 0 Å². The fourth-order valence-corrected chi connectivity index (χ4v) is 2.53. The van der Waals surface area contributed by atoms with Crippen LogP contribution in [0, 0.1) is 10.7 Å². The maximum Gasteiger partial charge on any atom is 0.134 e. The lowest BCUT2D eigenvalue weighted by Crippen LogP contribution is -2.07. The molecule has 2 rings (SSSR count). The van der Waals surface area contributed by atoms with E-state index in [9.17, 15) is 5.11 Å². The van der Waals surface area contributed by atoms with Gasteiger partial charge in [-0.05, 0) is 22.9 Å². The fraction of sp³-hybridized carbons (Fsp3) is 0.133. The number of hydrogen-bond donors (Lipinski definition) is 1. The summed E-state index contributed by atoms with van der Waals surface area (Å²) in [5.74, 6) is 0. The molecule has 1 N–H and O–H groups in total. The first-order chi connectivity index (χ1) is 8.83. The lowest BCUT2D eigenvalue weighted by atomic mass is 10.0. The largest absolute Gasteiger partial charge is 0.387 e. The molecule has 3 heteroatoms. The molecule has 0 heterocycles. The predicted molar refractivity (Wildman–Crippen MR) is 73.8 cm³/mol. The second kappa shape index (κ2) is 6.25. The highest BCUT2D eigenvalue weighted by Crippen LogP contribution is 2.39. The van der Waals surface area contributed by atoms with E-state index in [-0.39, 0.29) is 5.25 Å². The van der Waals surface area contributed by atoms with Crippen LogP contribution in [0.25, 0.3) is 0 Å². The summed E-state index contributed by atoms with van der Waals surface area (Å²) in [5.41, 5.74) is 1.79. The normalized spacial score (nSPS) is 13.6. The molecule has 2 nitrogen and oxygen atoms in total. The minimum Gasteiger partial charge on any atom is -0.387 e. The number of rotatable bonds is 4. The third-order valence-electron chi connectivity index (χ3n) is 2.74. The molecule has 0 fully saturated rings. The molecule has 0 spiro atoms. The number of hydrogen-bond acceptors (Lipinski definition) is 3. The quantitative estimate of drug-likeness (QED) is 0.848. The van der Waals surface area contributed by atoms with Crippen molar-refractivity contribution < 1.29 is 5.11 Å². The standard InChI is InChI=1S/C15H13NOS/c16-11-18-15(13-9-5-2-6-10-13)14(17)12-7-3-1-4-8-12/h1-10,14-15,17H. The molecule has 2 aromatic carbocycles. The minimum absolute atomic E-state index is 0.265. The molecule has 2 unspecified atom stereocenters. The third kappa shape index (κ3) is 2.92. The third-order valence-corrected chi connectivity index (χ3v) is 3.62. The Morgan fingerprint density at radius 3 is 1.89 bits per heavy atom. The van der Waals surface area contributed by atoms with Crippen molar-refractivity contribution in [3.8, 4) is 5.40 Å². The highest BCUT2D eigenvalue weighted by molar-refractivity contribution is 8.03. The summed E-state index contributed by atoms with van der Waals surface area (Å²) in [5, 5.41) is 21.1. The summed E-state index contributed by atoms with van der Waals surface area (Å²) >= 11 is 1.09. The molecule has 2 aromatic rings. The number of nitriles is 1. The van der Waals surface area contributed by atoms with Gasteiger partial charge in [0.05, 0.1) is 11.4 Å². The lowest BCUT2D eigenvalue weighted by Gasteiger charge is -2.20. The van der Waals surface area contributed by atoms with Gasteiger partial charge in [-0.1, -0.05) is 60.7 Å². The zero-order chi connectivity index (χ0) is 12.8. The van der Waals surface area contributed by atoms with Crippen LogP contribution in [0.4, 0.5) is 0 Å². The Hall–Kier alpha value is -1.76. The first kappa shape index (κ1) is 12.7. The van der Waals surface area contributed by atoms with Crippen molar-refractivity contribution in [1.82, 2.24) is 0 Å². The van der Waals surface area contributed by atoms with Crippen molar-refractivity contribution in [2.24, 2.45) is 0 Å². The van der Waals surface area contributed by atoms with Crippen LogP contribution in [0.2, 0.25) is 0 Å². The highest BCUT2D eigenvalue weighted by atomic mass is 32.2. The predicted octanol–water partition coefficient (Wildman–Crippen LogP) is 3.68. The van der Waals surface area contributed by atoms with Crippen molar-refractivity contribution in [1.29, 1.82) is 5.26 Å². The monoisotopic (exact) mass is 255 g/mol. The van der Waals surface area contributed by atoms with Crippen LogP contribution >= 0.6 is 11.8 Å². The average molecular weight is 255 g/mol. The van der Waals surface area contributed by atoms with Gasteiger partial charge in [-0.15, -0.1) is 0 Å². The lowest BCUT2D eigenvalue weighted by molar-refractivity contribution is 0.175. The molecular formula is C15H13NOS. The Morgan fingerprint density at radius 2 is 1.39 bits per heavy atom. The summed E-state index contributed by atoms with van der Waals surface area (Å²) in [6.45, 7) is 0. The molecule has 0 bridgehead atoms. The van der Waals surface area contributed by atoms with E-state index in [0.29, 0.717) is 0 Å². The van der Waals surface area contributed by atoms with E-state index in [2.05, 4.69) is 5.40 Å². The number of thioether (sulfide) groups is 1. The van der Waals surface area contributed by atoms with E-state index in [1.807, 2.05) is 60.7 Å². The molecule has 18 heavy (non-hydrogen) atoms. The van der Waals surface area contributed by atoms with Gasteiger partial charge in [0.15, 0.2) is 0 Å². The zero-order valence-electron chi connectivity index (χ0n) is 9.73. The molecule has 0 saturated carbocycles. The van der Waals surface area contributed by atoms with Crippen LogP contribution in [0.1, 0.15) is 22.5 Å². The summed E-state index contributed by atoms with van der Waals surface area (Å²) in [6, 6.07) is 19.0. The van der Waals surface area contributed by atoms with Gasteiger partial charge >= 0.3 is 0 Å². The molecule has 0 aromatic heterocycles. The SMILES string of the molecule is N#CSC(c1ccccc1)C(O)c1ccccc1. The molecule has 2 atom stereocenters. The second-order valence-corrected chi connectivity index (χ2v) is 4.82.